The standard InChI is InChI=1S/C11H18N2O4S/c1-3-17-8(2)7-13-18(15,16)9-4-5-11(14)10(12)6-9/h4-6,8,13-14H,3,7,12H2,1-2H3. The Bertz CT molecular complexity index is 502. The third-order valence-corrected chi connectivity index (χ3v) is 3.74. The number of rotatable bonds is 6. The maximum atomic E-state index is 11.9. The molecule has 0 amide bonds. The zero-order chi connectivity index (χ0) is 13.8. The van der Waals surface area contributed by atoms with Gasteiger partial charge in [-0.2, -0.15) is 0 Å². The van der Waals surface area contributed by atoms with Gasteiger partial charge in [0.2, 0.25) is 10.0 Å². The summed E-state index contributed by atoms with van der Waals surface area (Å²) in [6.45, 7) is 4.31. The summed E-state index contributed by atoms with van der Waals surface area (Å²) in [5.41, 5.74) is 5.48. The summed E-state index contributed by atoms with van der Waals surface area (Å²) < 4.78 is 31.4. The lowest BCUT2D eigenvalue weighted by Crippen LogP contribution is -2.32. The Morgan fingerprint density at radius 1 is 1.50 bits per heavy atom. The lowest BCUT2D eigenvalue weighted by atomic mass is 10.3. The molecule has 4 N–H and O–H groups in total. The van der Waals surface area contributed by atoms with Crippen molar-refractivity contribution in [2.75, 3.05) is 18.9 Å². The van der Waals surface area contributed by atoms with Gasteiger partial charge in [-0.3, -0.25) is 0 Å². The van der Waals surface area contributed by atoms with Crippen LogP contribution in [0.3, 0.4) is 0 Å². The molecule has 0 aliphatic rings. The molecule has 102 valence electrons. The Morgan fingerprint density at radius 2 is 2.17 bits per heavy atom. The van der Waals surface area contributed by atoms with Gasteiger partial charge in [0.25, 0.3) is 0 Å². The molecule has 0 aliphatic heterocycles. The molecule has 0 bridgehead atoms. The summed E-state index contributed by atoms with van der Waals surface area (Å²) in [6.07, 6.45) is -0.209. The smallest absolute Gasteiger partial charge is 0.240 e. The molecular formula is C11H18N2O4S. The molecule has 1 atom stereocenters. The van der Waals surface area contributed by atoms with Gasteiger partial charge in [-0.25, -0.2) is 13.1 Å². The van der Waals surface area contributed by atoms with Gasteiger partial charge in [0.1, 0.15) is 5.75 Å². The number of hydrogen-bond donors (Lipinski definition) is 3. The van der Waals surface area contributed by atoms with Crippen molar-refractivity contribution in [3.63, 3.8) is 0 Å². The summed E-state index contributed by atoms with van der Waals surface area (Å²) >= 11 is 0. The van der Waals surface area contributed by atoms with Gasteiger partial charge in [-0.1, -0.05) is 0 Å². The minimum absolute atomic E-state index is 0.0153. The first-order valence-electron chi connectivity index (χ1n) is 5.56. The second-order valence-electron chi connectivity index (χ2n) is 3.84. The number of phenols is 1. The van der Waals surface area contributed by atoms with Crippen molar-refractivity contribution in [3.8, 4) is 5.75 Å². The van der Waals surface area contributed by atoms with E-state index >= 15 is 0 Å². The van der Waals surface area contributed by atoms with E-state index in [0.717, 1.165) is 0 Å². The summed E-state index contributed by atoms with van der Waals surface area (Å²) in [6, 6.07) is 3.75. The summed E-state index contributed by atoms with van der Waals surface area (Å²) in [7, 11) is -3.63. The molecule has 1 aromatic rings. The largest absolute Gasteiger partial charge is 0.506 e. The highest BCUT2D eigenvalue weighted by atomic mass is 32.2. The third kappa shape index (κ3) is 3.86. The van der Waals surface area contributed by atoms with E-state index in [4.69, 9.17) is 10.5 Å². The lowest BCUT2D eigenvalue weighted by Gasteiger charge is -2.13. The monoisotopic (exact) mass is 274 g/mol. The Labute approximate surface area is 107 Å². The van der Waals surface area contributed by atoms with E-state index in [0.29, 0.717) is 6.61 Å². The summed E-state index contributed by atoms with van der Waals surface area (Å²) in [5, 5.41) is 9.24. The molecule has 7 heteroatoms. The van der Waals surface area contributed by atoms with Gasteiger partial charge in [0.15, 0.2) is 0 Å². The normalized spacial score (nSPS) is 13.4. The van der Waals surface area contributed by atoms with Crippen LogP contribution < -0.4 is 10.5 Å². The predicted molar refractivity (Wildman–Crippen MR) is 68.8 cm³/mol. The Morgan fingerprint density at radius 3 is 2.72 bits per heavy atom. The molecule has 0 saturated heterocycles. The van der Waals surface area contributed by atoms with E-state index in [1.807, 2.05) is 6.92 Å². The van der Waals surface area contributed by atoms with E-state index in [9.17, 15) is 13.5 Å². The van der Waals surface area contributed by atoms with E-state index in [1.165, 1.54) is 18.2 Å². The van der Waals surface area contributed by atoms with Crippen LogP contribution >= 0.6 is 0 Å². The van der Waals surface area contributed by atoms with Gasteiger partial charge >= 0.3 is 0 Å². The second kappa shape index (κ2) is 6.03. The van der Waals surface area contributed by atoms with E-state index < -0.39 is 10.0 Å². The Hall–Kier alpha value is -1.31. The first kappa shape index (κ1) is 14.7. The topological polar surface area (TPSA) is 102 Å². The first-order valence-corrected chi connectivity index (χ1v) is 7.05. The number of benzene rings is 1. The van der Waals surface area contributed by atoms with Crippen LogP contribution in [0.25, 0.3) is 0 Å². The highest BCUT2D eigenvalue weighted by molar-refractivity contribution is 7.89. The zero-order valence-corrected chi connectivity index (χ0v) is 11.2. The molecule has 1 rings (SSSR count). The van der Waals surface area contributed by atoms with Crippen molar-refractivity contribution in [2.45, 2.75) is 24.8 Å². The molecule has 0 radical (unpaired) electrons. The number of phenolic OH excluding ortho intramolecular Hbond substituents is 1. The Kier molecular flexibility index (Phi) is 4.94. The fourth-order valence-electron chi connectivity index (χ4n) is 1.35. The number of nitrogens with one attached hydrogen (secondary N) is 1. The molecule has 0 fully saturated rings. The maximum absolute atomic E-state index is 11.9. The molecule has 6 nitrogen and oxygen atoms in total. The lowest BCUT2D eigenvalue weighted by molar-refractivity contribution is 0.0799. The predicted octanol–water partition coefficient (Wildman–Crippen LogP) is 0.678. The number of nitrogen functional groups attached to an aromatic ring is 1. The van der Waals surface area contributed by atoms with Gasteiger partial charge < -0.3 is 15.6 Å². The quantitative estimate of drug-likeness (QED) is 0.523. The average Bonchev–Trinajstić information content (AvgIpc) is 2.30. The average molecular weight is 274 g/mol. The number of hydrogen-bond acceptors (Lipinski definition) is 5. The van der Waals surface area contributed by atoms with Crippen molar-refractivity contribution in [1.82, 2.24) is 4.72 Å². The molecule has 1 unspecified atom stereocenters. The van der Waals surface area contributed by atoms with Crippen molar-refractivity contribution >= 4 is 15.7 Å². The fourth-order valence-corrected chi connectivity index (χ4v) is 2.50. The molecule has 0 aliphatic carbocycles. The molecule has 18 heavy (non-hydrogen) atoms. The zero-order valence-electron chi connectivity index (χ0n) is 10.4. The van der Waals surface area contributed by atoms with Gasteiger partial charge in [0.05, 0.1) is 16.7 Å². The minimum atomic E-state index is -3.63. The van der Waals surface area contributed by atoms with E-state index in [-0.39, 0.29) is 29.0 Å². The Balaban J connectivity index is 2.77. The van der Waals surface area contributed by atoms with Crippen LogP contribution in [0.5, 0.6) is 5.75 Å². The first-order chi connectivity index (χ1) is 8.36. The molecule has 0 aromatic heterocycles. The fraction of sp³-hybridized carbons (Fsp3) is 0.455. The molecular weight excluding hydrogens is 256 g/mol. The van der Waals surface area contributed by atoms with Crippen LogP contribution in [0.2, 0.25) is 0 Å². The molecule has 0 heterocycles. The third-order valence-electron chi connectivity index (χ3n) is 2.32. The van der Waals surface area contributed by atoms with Crippen LogP contribution in [-0.4, -0.2) is 32.8 Å². The van der Waals surface area contributed by atoms with Crippen LogP contribution in [-0.2, 0) is 14.8 Å². The van der Waals surface area contributed by atoms with Crippen molar-refractivity contribution in [1.29, 1.82) is 0 Å². The van der Waals surface area contributed by atoms with Crippen LogP contribution in [0.1, 0.15) is 13.8 Å². The van der Waals surface area contributed by atoms with E-state index in [1.54, 1.807) is 6.92 Å². The SMILES string of the molecule is CCOC(C)CNS(=O)(=O)c1ccc(O)c(N)c1. The van der Waals surface area contributed by atoms with Gasteiger partial charge in [0, 0.05) is 13.2 Å². The molecule has 1 aromatic carbocycles. The summed E-state index contributed by atoms with van der Waals surface area (Å²) in [4.78, 5) is 0.0153. The van der Waals surface area contributed by atoms with Gasteiger partial charge in [-0.05, 0) is 32.0 Å². The highest BCUT2D eigenvalue weighted by Gasteiger charge is 2.16. The minimum Gasteiger partial charge on any atom is -0.506 e. The van der Waals surface area contributed by atoms with Crippen LogP contribution in [0.15, 0.2) is 23.1 Å². The van der Waals surface area contributed by atoms with Crippen molar-refractivity contribution in [2.24, 2.45) is 0 Å². The van der Waals surface area contributed by atoms with Crippen molar-refractivity contribution < 1.29 is 18.3 Å². The van der Waals surface area contributed by atoms with Crippen molar-refractivity contribution in [3.05, 3.63) is 18.2 Å². The van der Waals surface area contributed by atoms with Crippen LogP contribution in [0, 0.1) is 0 Å². The number of anilines is 1. The van der Waals surface area contributed by atoms with Gasteiger partial charge in [-0.15, -0.1) is 0 Å². The molecule has 0 saturated carbocycles. The maximum Gasteiger partial charge on any atom is 0.240 e. The number of aromatic hydroxyl groups is 1. The number of nitrogens with two attached hydrogens (primary N) is 1. The van der Waals surface area contributed by atoms with Crippen LogP contribution in [0.4, 0.5) is 5.69 Å². The second-order valence-corrected chi connectivity index (χ2v) is 5.61. The molecule has 0 spiro atoms. The number of ether oxygens (including phenoxy) is 1. The van der Waals surface area contributed by atoms with E-state index in [2.05, 4.69) is 4.72 Å². The highest BCUT2D eigenvalue weighted by Crippen LogP contribution is 2.22. The number of sulfonamides is 1. The summed E-state index contributed by atoms with van der Waals surface area (Å²) in [5.74, 6) is -0.142.